The Morgan fingerprint density at radius 1 is 1.03 bits per heavy atom. The fourth-order valence-corrected chi connectivity index (χ4v) is 4.85. The summed E-state index contributed by atoms with van der Waals surface area (Å²) in [7, 11) is 0. The fraction of sp³-hybridized carbons (Fsp3) is 0.208. The Balaban J connectivity index is 1.81. The van der Waals surface area contributed by atoms with Crippen LogP contribution in [0, 0.1) is 13.8 Å². The summed E-state index contributed by atoms with van der Waals surface area (Å²) in [6, 6.07) is 14.0. The number of fused-ring (bicyclic) bond motifs is 1. The van der Waals surface area contributed by atoms with E-state index >= 15 is 0 Å². The van der Waals surface area contributed by atoms with E-state index < -0.39 is 11.2 Å². The van der Waals surface area contributed by atoms with Crippen LogP contribution in [-0.2, 0) is 17.8 Å². The molecule has 0 fully saturated rings. The predicted molar refractivity (Wildman–Crippen MR) is 131 cm³/mol. The molecule has 1 N–H and O–H groups in total. The zero-order chi connectivity index (χ0) is 23.0. The zero-order valence-corrected chi connectivity index (χ0v) is 19.5. The van der Waals surface area contributed by atoms with E-state index in [4.69, 9.17) is 11.6 Å². The largest absolute Gasteiger partial charge is 0.337 e. The maximum atomic E-state index is 13.4. The van der Waals surface area contributed by atoms with Gasteiger partial charge in [0.1, 0.15) is 11.4 Å². The molecule has 2 aromatic carbocycles. The van der Waals surface area contributed by atoms with Gasteiger partial charge in [0.05, 0.1) is 11.1 Å². The van der Waals surface area contributed by atoms with Gasteiger partial charge < -0.3 is 5.32 Å². The highest BCUT2D eigenvalue weighted by molar-refractivity contribution is 7.18. The number of thiophene rings is 1. The van der Waals surface area contributed by atoms with Crippen LogP contribution in [0.1, 0.15) is 22.9 Å². The van der Waals surface area contributed by atoms with Gasteiger partial charge in [-0.15, -0.1) is 11.3 Å². The van der Waals surface area contributed by atoms with Crippen molar-refractivity contribution in [2.45, 2.75) is 33.7 Å². The number of hydrogen-bond acceptors (Lipinski definition) is 4. The lowest BCUT2D eigenvalue weighted by atomic mass is 10.1. The van der Waals surface area contributed by atoms with Crippen molar-refractivity contribution in [3.05, 3.63) is 90.4 Å². The summed E-state index contributed by atoms with van der Waals surface area (Å²) in [6.07, 6.45) is 0.908. The normalized spacial score (nSPS) is 11.1. The van der Waals surface area contributed by atoms with Gasteiger partial charge in [-0.05, 0) is 67.8 Å². The minimum absolute atomic E-state index is 0.210. The van der Waals surface area contributed by atoms with E-state index in [0.29, 0.717) is 26.6 Å². The number of rotatable bonds is 5. The number of hydrogen-bond donors (Lipinski definition) is 1. The molecular formula is C24H22ClN3O3S. The highest BCUT2D eigenvalue weighted by atomic mass is 35.5. The molecule has 8 heteroatoms. The maximum absolute atomic E-state index is 13.4. The lowest BCUT2D eigenvalue weighted by Crippen LogP contribution is -2.40. The number of carbonyl (C=O) groups is 1. The summed E-state index contributed by atoms with van der Waals surface area (Å²) in [5.74, 6) is -0.345. The Morgan fingerprint density at radius 2 is 1.69 bits per heavy atom. The molecule has 0 aliphatic heterocycles. The average Bonchev–Trinajstić information content (AvgIpc) is 3.07. The Hall–Kier alpha value is -3.16. The summed E-state index contributed by atoms with van der Waals surface area (Å²) in [6.45, 7) is 5.60. The Morgan fingerprint density at radius 3 is 2.31 bits per heavy atom. The van der Waals surface area contributed by atoms with E-state index in [0.717, 1.165) is 21.4 Å². The van der Waals surface area contributed by atoms with Crippen molar-refractivity contribution in [2.24, 2.45) is 0 Å². The summed E-state index contributed by atoms with van der Waals surface area (Å²) in [5, 5.41) is 3.78. The van der Waals surface area contributed by atoms with E-state index in [1.807, 2.05) is 38.1 Å². The van der Waals surface area contributed by atoms with E-state index in [9.17, 15) is 14.4 Å². The van der Waals surface area contributed by atoms with Crippen molar-refractivity contribution in [1.29, 1.82) is 0 Å². The summed E-state index contributed by atoms with van der Waals surface area (Å²) in [5.41, 5.74) is 2.06. The SMILES string of the molecule is CCc1ccc(NC(=O)Cn2c(=O)n(-c3ccc(Cl)cc3)c(=O)c3c(C)c(C)sc32)cc1. The zero-order valence-electron chi connectivity index (χ0n) is 17.9. The number of benzene rings is 2. The number of aromatic nitrogens is 2. The molecule has 0 unspecified atom stereocenters. The monoisotopic (exact) mass is 467 g/mol. The number of carbonyl (C=O) groups excluding carboxylic acids is 1. The second-order valence-corrected chi connectivity index (χ2v) is 9.19. The van der Waals surface area contributed by atoms with Crippen molar-refractivity contribution in [3.8, 4) is 5.69 Å². The van der Waals surface area contributed by atoms with Gasteiger partial charge in [0, 0.05) is 15.6 Å². The molecule has 0 saturated heterocycles. The first kappa shape index (κ1) is 22.0. The molecule has 2 aromatic heterocycles. The van der Waals surface area contributed by atoms with Crippen LogP contribution in [0.2, 0.25) is 5.02 Å². The van der Waals surface area contributed by atoms with Crippen LogP contribution in [0.3, 0.4) is 0 Å². The van der Waals surface area contributed by atoms with Crippen molar-refractivity contribution >= 4 is 44.7 Å². The molecule has 164 valence electrons. The van der Waals surface area contributed by atoms with E-state index in [-0.39, 0.29) is 12.5 Å². The van der Waals surface area contributed by atoms with E-state index in [2.05, 4.69) is 12.2 Å². The van der Waals surface area contributed by atoms with Gasteiger partial charge in [-0.1, -0.05) is 30.7 Å². The van der Waals surface area contributed by atoms with Crippen LogP contribution in [0.25, 0.3) is 15.9 Å². The molecule has 2 heterocycles. The molecule has 1 amide bonds. The van der Waals surface area contributed by atoms with Crippen LogP contribution >= 0.6 is 22.9 Å². The van der Waals surface area contributed by atoms with Crippen LogP contribution in [0.15, 0.2) is 58.1 Å². The summed E-state index contributed by atoms with van der Waals surface area (Å²) >= 11 is 7.32. The third-order valence-electron chi connectivity index (χ3n) is 5.48. The molecule has 0 spiro atoms. The quantitative estimate of drug-likeness (QED) is 0.463. The third-order valence-corrected chi connectivity index (χ3v) is 6.97. The molecule has 0 bridgehead atoms. The molecule has 0 radical (unpaired) electrons. The highest BCUT2D eigenvalue weighted by Crippen LogP contribution is 2.27. The Labute approximate surface area is 193 Å². The molecule has 0 aliphatic carbocycles. The smallest absolute Gasteiger partial charge is 0.325 e. The fourth-order valence-electron chi connectivity index (χ4n) is 3.58. The first-order valence-electron chi connectivity index (χ1n) is 10.2. The number of amides is 1. The van der Waals surface area contributed by atoms with Crippen molar-refractivity contribution < 1.29 is 4.79 Å². The maximum Gasteiger partial charge on any atom is 0.337 e. The average molecular weight is 468 g/mol. The molecule has 32 heavy (non-hydrogen) atoms. The number of nitrogens with zero attached hydrogens (tertiary/aromatic N) is 2. The first-order chi connectivity index (χ1) is 15.3. The van der Waals surface area contributed by atoms with Gasteiger partial charge in [0.2, 0.25) is 5.91 Å². The second-order valence-electron chi connectivity index (χ2n) is 7.55. The summed E-state index contributed by atoms with van der Waals surface area (Å²) < 4.78 is 2.47. The third kappa shape index (κ3) is 4.01. The molecule has 0 saturated carbocycles. The van der Waals surface area contributed by atoms with Gasteiger partial charge in [-0.25, -0.2) is 9.36 Å². The van der Waals surface area contributed by atoms with E-state index in [1.54, 1.807) is 24.3 Å². The summed E-state index contributed by atoms with van der Waals surface area (Å²) in [4.78, 5) is 40.9. The topological polar surface area (TPSA) is 73.1 Å². The standard InChI is InChI=1S/C24H22ClN3O3S/c1-4-16-5-9-18(10-6-16)26-20(29)13-27-23-21(14(2)15(3)32-23)22(30)28(24(27)31)19-11-7-17(25)8-12-19/h5-12H,4,13H2,1-3H3,(H,26,29). The van der Waals surface area contributed by atoms with Gasteiger partial charge in [-0.3, -0.25) is 14.2 Å². The molecule has 6 nitrogen and oxygen atoms in total. The number of anilines is 1. The lowest BCUT2D eigenvalue weighted by molar-refractivity contribution is -0.116. The number of halogens is 1. The second kappa shape index (κ2) is 8.76. The van der Waals surface area contributed by atoms with Crippen LogP contribution in [0.5, 0.6) is 0 Å². The molecule has 0 atom stereocenters. The highest BCUT2D eigenvalue weighted by Gasteiger charge is 2.21. The molecule has 4 aromatic rings. The Kier molecular flexibility index (Phi) is 6.04. The van der Waals surface area contributed by atoms with Gasteiger partial charge in [0.25, 0.3) is 5.56 Å². The predicted octanol–water partition coefficient (Wildman–Crippen LogP) is 4.69. The molecule has 4 rings (SSSR count). The van der Waals surface area contributed by atoms with Crippen molar-refractivity contribution in [1.82, 2.24) is 9.13 Å². The van der Waals surface area contributed by atoms with Crippen molar-refractivity contribution in [3.63, 3.8) is 0 Å². The van der Waals surface area contributed by atoms with Gasteiger partial charge >= 0.3 is 5.69 Å². The lowest BCUT2D eigenvalue weighted by Gasteiger charge is -2.13. The minimum atomic E-state index is -0.567. The van der Waals surface area contributed by atoms with Gasteiger partial charge in [-0.2, -0.15) is 0 Å². The minimum Gasteiger partial charge on any atom is -0.325 e. The van der Waals surface area contributed by atoms with Crippen LogP contribution < -0.4 is 16.6 Å². The first-order valence-corrected chi connectivity index (χ1v) is 11.4. The van der Waals surface area contributed by atoms with Crippen molar-refractivity contribution in [2.75, 3.05) is 5.32 Å². The Bertz CT molecular complexity index is 1430. The van der Waals surface area contributed by atoms with Crippen LogP contribution in [-0.4, -0.2) is 15.0 Å². The van der Waals surface area contributed by atoms with E-state index in [1.165, 1.54) is 21.5 Å². The number of aryl methyl sites for hydroxylation is 3. The molecular weight excluding hydrogens is 446 g/mol. The number of nitrogens with one attached hydrogen (secondary N) is 1. The van der Waals surface area contributed by atoms with Gasteiger partial charge in [0.15, 0.2) is 0 Å². The molecule has 0 aliphatic rings. The van der Waals surface area contributed by atoms with Crippen LogP contribution in [0.4, 0.5) is 5.69 Å².